The quantitative estimate of drug-likeness (QED) is 0.861. The van der Waals surface area contributed by atoms with Crippen LogP contribution in [0.1, 0.15) is 26.5 Å². The molecule has 0 aliphatic heterocycles. The Labute approximate surface area is 113 Å². The van der Waals surface area contributed by atoms with Crippen molar-refractivity contribution in [3.8, 4) is 0 Å². The van der Waals surface area contributed by atoms with Gasteiger partial charge in [-0.1, -0.05) is 11.6 Å². The van der Waals surface area contributed by atoms with E-state index in [9.17, 15) is 5.11 Å². The summed E-state index contributed by atoms with van der Waals surface area (Å²) in [7, 11) is 3.17. The van der Waals surface area contributed by atoms with Gasteiger partial charge in [-0.3, -0.25) is 4.68 Å². The van der Waals surface area contributed by atoms with Crippen LogP contribution in [0.3, 0.4) is 0 Å². The van der Waals surface area contributed by atoms with Crippen LogP contribution in [0.2, 0.25) is 5.02 Å². The van der Waals surface area contributed by atoms with Crippen LogP contribution in [0.15, 0.2) is 6.20 Å². The third-order valence-electron chi connectivity index (χ3n) is 3.45. The Hall–Kier alpha value is -0.620. The highest BCUT2D eigenvalue weighted by Gasteiger charge is 2.45. The van der Waals surface area contributed by atoms with Crippen LogP contribution in [-0.2, 0) is 21.6 Å². The minimum absolute atomic E-state index is 0.418. The highest BCUT2D eigenvalue weighted by Crippen LogP contribution is 2.38. The second-order valence-electron chi connectivity index (χ2n) is 4.84. The average molecular weight is 277 g/mol. The fourth-order valence-electron chi connectivity index (χ4n) is 1.68. The van der Waals surface area contributed by atoms with Crippen LogP contribution in [0.4, 0.5) is 0 Å². The maximum Gasteiger partial charge on any atom is 0.133 e. The summed E-state index contributed by atoms with van der Waals surface area (Å²) in [5.74, 6) is 0. The van der Waals surface area contributed by atoms with Crippen molar-refractivity contribution in [1.82, 2.24) is 9.78 Å². The highest BCUT2D eigenvalue weighted by molar-refractivity contribution is 6.31. The molecule has 1 heterocycles. The van der Waals surface area contributed by atoms with Gasteiger partial charge < -0.3 is 14.6 Å². The summed E-state index contributed by atoms with van der Waals surface area (Å²) in [6, 6.07) is 0. The number of hydrogen-bond donors (Lipinski definition) is 1. The molecular formula is C12H21ClN2O3. The van der Waals surface area contributed by atoms with Gasteiger partial charge in [-0.2, -0.15) is 5.10 Å². The second kappa shape index (κ2) is 5.57. The molecule has 0 aliphatic carbocycles. The van der Waals surface area contributed by atoms with Gasteiger partial charge in [0.05, 0.1) is 35.7 Å². The topological polar surface area (TPSA) is 56.5 Å². The first-order valence-corrected chi connectivity index (χ1v) is 6.14. The summed E-state index contributed by atoms with van der Waals surface area (Å²) in [6.45, 7) is 6.29. The Bertz CT molecular complexity index is 402. The zero-order valence-corrected chi connectivity index (χ0v) is 12.3. The molecule has 18 heavy (non-hydrogen) atoms. The number of rotatable bonds is 6. The number of nitrogens with zero attached hydrogens (tertiary/aromatic N) is 2. The molecular weight excluding hydrogens is 256 g/mol. The van der Waals surface area contributed by atoms with Crippen molar-refractivity contribution < 1.29 is 14.6 Å². The average Bonchev–Trinajstić information content (AvgIpc) is 2.68. The zero-order valence-electron chi connectivity index (χ0n) is 11.5. The smallest absolute Gasteiger partial charge is 0.133 e. The van der Waals surface area contributed by atoms with E-state index in [-0.39, 0.29) is 0 Å². The molecule has 0 bridgehead atoms. The van der Waals surface area contributed by atoms with E-state index >= 15 is 0 Å². The molecule has 6 heteroatoms. The molecule has 0 spiro atoms. The van der Waals surface area contributed by atoms with Crippen LogP contribution in [-0.4, -0.2) is 41.3 Å². The van der Waals surface area contributed by atoms with Crippen molar-refractivity contribution >= 4 is 11.6 Å². The lowest BCUT2D eigenvalue weighted by atomic mass is 9.84. The van der Waals surface area contributed by atoms with Gasteiger partial charge in [0.2, 0.25) is 0 Å². The predicted octanol–water partition coefficient (Wildman–Crippen LogP) is 1.82. The summed E-state index contributed by atoms with van der Waals surface area (Å²) in [5.41, 5.74) is -1.52. The van der Waals surface area contributed by atoms with Crippen molar-refractivity contribution in [3.63, 3.8) is 0 Å². The van der Waals surface area contributed by atoms with Gasteiger partial charge in [0, 0.05) is 14.2 Å². The summed E-state index contributed by atoms with van der Waals surface area (Å²) < 4.78 is 12.0. The Kier molecular flexibility index (Phi) is 4.78. The number of aliphatic hydroxyl groups is 1. The normalized spacial score (nSPS) is 15.7. The largest absolute Gasteiger partial charge is 0.383 e. The fourth-order valence-corrected chi connectivity index (χ4v) is 2.00. The fraction of sp³-hybridized carbons (Fsp3) is 0.750. The van der Waals surface area contributed by atoms with Crippen LogP contribution in [0, 0.1) is 0 Å². The maximum absolute atomic E-state index is 10.8. The molecule has 1 aromatic heterocycles. The van der Waals surface area contributed by atoms with Gasteiger partial charge >= 0.3 is 0 Å². The van der Waals surface area contributed by atoms with Crippen LogP contribution in [0.25, 0.3) is 0 Å². The molecule has 1 N–H and O–H groups in total. The Morgan fingerprint density at radius 1 is 1.39 bits per heavy atom. The molecule has 1 unspecified atom stereocenters. The van der Waals surface area contributed by atoms with E-state index in [0.29, 0.717) is 23.9 Å². The van der Waals surface area contributed by atoms with Crippen LogP contribution in [0.5, 0.6) is 0 Å². The third-order valence-corrected chi connectivity index (χ3v) is 3.72. The number of halogens is 1. The van der Waals surface area contributed by atoms with Gasteiger partial charge in [0.25, 0.3) is 0 Å². The first-order chi connectivity index (χ1) is 8.28. The summed E-state index contributed by atoms with van der Waals surface area (Å²) >= 11 is 6.13. The van der Waals surface area contributed by atoms with E-state index in [1.807, 2.05) is 0 Å². The molecule has 1 atom stereocenters. The summed E-state index contributed by atoms with van der Waals surface area (Å²) in [6.07, 6.45) is 1.52. The monoisotopic (exact) mass is 276 g/mol. The van der Waals surface area contributed by atoms with E-state index < -0.39 is 11.2 Å². The van der Waals surface area contributed by atoms with Crippen molar-refractivity contribution in [2.45, 2.75) is 38.5 Å². The predicted molar refractivity (Wildman–Crippen MR) is 69.8 cm³/mol. The van der Waals surface area contributed by atoms with Gasteiger partial charge in [0.1, 0.15) is 5.60 Å². The van der Waals surface area contributed by atoms with Gasteiger partial charge in [-0.25, -0.2) is 0 Å². The van der Waals surface area contributed by atoms with Crippen LogP contribution < -0.4 is 0 Å². The van der Waals surface area contributed by atoms with E-state index in [4.69, 9.17) is 21.1 Å². The minimum Gasteiger partial charge on any atom is -0.383 e. The summed E-state index contributed by atoms with van der Waals surface area (Å²) in [5, 5.41) is 15.3. The lowest BCUT2D eigenvalue weighted by Gasteiger charge is -2.39. The van der Waals surface area contributed by atoms with Crippen molar-refractivity contribution in [2.75, 3.05) is 20.8 Å². The molecule has 5 nitrogen and oxygen atoms in total. The number of aromatic nitrogens is 2. The molecule has 1 rings (SSSR count). The van der Waals surface area contributed by atoms with E-state index in [1.54, 1.807) is 39.7 Å². The molecule has 0 fully saturated rings. The minimum atomic E-state index is -1.26. The Morgan fingerprint density at radius 3 is 2.50 bits per heavy atom. The molecule has 0 amide bonds. The van der Waals surface area contributed by atoms with Crippen molar-refractivity contribution in [3.05, 3.63) is 16.9 Å². The van der Waals surface area contributed by atoms with E-state index in [0.717, 1.165) is 0 Å². The number of ether oxygens (including phenoxy) is 2. The first kappa shape index (κ1) is 15.4. The Balaban J connectivity index is 3.18. The second-order valence-corrected chi connectivity index (χ2v) is 5.25. The van der Waals surface area contributed by atoms with E-state index in [2.05, 4.69) is 5.10 Å². The standard InChI is InChI=1S/C12H21ClN2O3/c1-11(2,18-5)12(3,16)10-9(13)8-14-15(10)6-7-17-4/h8,16H,6-7H2,1-5H3. The maximum atomic E-state index is 10.8. The van der Waals surface area contributed by atoms with Gasteiger partial charge in [-0.15, -0.1) is 0 Å². The van der Waals surface area contributed by atoms with E-state index in [1.165, 1.54) is 6.20 Å². The highest BCUT2D eigenvalue weighted by atomic mass is 35.5. The van der Waals surface area contributed by atoms with Crippen molar-refractivity contribution in [1.29, 1.82) is 0 Å². The zero-order chi connectivity index (χ0) is 14.0. The SMILES string of the molecule is COCCn1ncc(Cl)c1C(C)(O)C(C)(C)OC. The molecule has 104 valence electrons. The van der Waals surface area contributed by atoms with Crippen LogP contribution >= 0.6 is 11.6 Å². The lowest BCUT2D eigenvalue weighted by Crippen LogP contribution is -2.48. The lowest BCUT2D eigenvalue weighted by molar-refractivity contribution is -0.149. The third kappa shape index (κ3) is 2.69. The Morgan fingerprint density at radius 2 is 2.00 bits per heavy atom. The van der Waals surface area contributed by atoms with Crippen molar-refractivity contribution in [2.24, 2.45) is 0 Å². The summed E-state index contributed by atoms with van der Waals surface area (Å²) in [4.78, 5) is 0. The number of hydrogen-bond acceptors (Lipinski definition) is 4. The molecule has 1 aromatic rings. The number of methoxy groups -OCH3 is 2. The molecule has 0 saturated carbocycles. The van der Waals surface area contributed by atoms with Gasteiger partial charge in [0.15, 0.2) is 0 Å². The van der Waals surface area contributed by atoms with Gasteiger partial charge in [-0.05, 0) is 20.8 Å². The molecule has 0 saturated heterocycles. The molecule has 0 aliphatic rings. The molecule has 0 radical (unpaired) electrons. The molecule has 0 aromatic carbocycles. The first-order valence-electron chi connectivity index (χ1n) is 5.76.